The first-order chi connectivity index (χ1) is 6.66. The molecule has 0 unspecified atom stereocenters. The van der Waals surface area contributed by atoms with Crippen molar-refractivity contribution in [1.29, 1.82) is 0 Å². The predicted molar refractivity (Wildman–Crippen MR) is 58.3 cm³/mol. The second-order valence-electron chi connectivity index (χ2n) is 3.26. The average molecular weight is 253 g/mol. The number of halogens is 1. The topological polar surface area (TPSA) is 30.2 Å². The van der Waals surface area contributed by atoms with Crippen LogP contribution in [0.2, 0.25) is 0 Å². The molecule has 2 nitrogen and oxygen atoms in total. The van der Waals surface area contributed by atoms with Crippen molar-refractivity contribution >= 4 is 32.7 Å². The van der Waals surface area contributed by atoms with Crippen LogP contribution in [-0.4, -0.2) is 5.78 Å². The summed E-state index contributed by atoms with van der Waals surface area (Å²) in [6.45, 7) is 1.58. The molecule has 0 bridgehead atoms. The van der Waals surface area contributed by atoms with Gasteiger partial charge in [-0.05, 0) is 28.9 Å². The summed E-state index contributed by atoms with van der Waals surface area (Å²) in [4.78, 5) is 11.0. The first-order valence-corrected chi connectivity index (χ1v) is 5.12. The molecule has 1 aromatic heterocycles. The van der Waals surface area contributed by atoms with Crippen LogP contribution >= 0.6 is 15.9 Å². The van der Waals surface area contributed by atoms with E-state index in [1.165, 1.54) is 0 Å². The van der Waals surface area contributed by atoms with E-state index < -0.39 is 0 Å². The maximum absolute atomic E-state index is 11.0. The van der Waals surface area contributed by atoms with Gasteiger partial charge in [0.1, 0.15) is 11.4 Å². The van der Waals surface area contributed by atoms with E-state index >= 15 is 0 Å². The molecule has 0 saturated carbocycles. The van der Waals surface area contributed by atoms with Gasteiger partial charge in [-0.25, -0.2) is 0 Å². The van der Waals surface area contributed by atoms with E-state index in [1.807, 2.05) is 24.3 Å². The van der Waals surface area contributed by atoms with E-state index in [1.54, 1.807) is 6.92 Å². The number of hydrogen-bond donors (Lipinski definition) is 0. The van der Waals surface area contributed by atoms with Crippen LogP contribution in [0.3, 0.4) is 0 Å². The van der Waals surface area contributed by atoms with Gasteiger partial charge >= 0.3 is 0 Å². The molecule has 3 heteroatoms. The number of para-hydroxylation sites is 1. The number of ketones is 1. The monoisotopic (exact) mass is 252 g/mol. The van der Waals surface area contributed by atoms with Crippen molar-refractivity contribution in [1.82, 2.24) is 0 Å². The van der Waals surface area contributed by atoms with Crippen LogP contribution < -0.4 is 0 Å². The summed E-state index contributed by atoms with van der Waals surface area (Å²) in [6.07, 6.45) is 0.428. The fourth-order valence-corrected chi connectivity index (χ4v) is 1.91. The first kappa shape index (κ1) is 9.46. The maximum Gasteiger partial charge on any atom is 0.170 e. The first-order valence-electron chi connectivity index (χ1n) is 4.33. The van der Waals surface area contributed by atoms with Crippen molar-refractivity contribution < 1.29 is 9.21 Å². The zero-order valence-electron chi connectivity index (χ0n) is 7.71. The van der Waals surface area contributed by atoms with Crippen molar-refractivity contribution in [3.8, 4) is 0 Å². The van der Waals surface area contributed by atoms with Crippen LogP contribution in [0.15, 0.2) is 33.4 Å². The highest BCUT2D eigenvalue weighted by Crippen LogP contribution is 2.26. The standard InChI is InChI=1S/C11H9BrO2/c1-7(13)5-8-3-2-4-9-6-10(12)14-11(8)9/h2-4,6H,5H2,1H3. The van der Waals surface area contributed by atoms with E-state index in [0.29, 0.717) is 11.1 Å². The van der Waals surface area contributed by atoms with Gasteiger partial charge in [0.15, 0.2) is 4.67 Å². The predicted octanol–water partition coefficient (Wildman–Crippen LogP) is 3.33. The normalized spacial score (nSPS) is 10.7. The molecule has 1 heterocycles. The molecule has 2 aromatic rings. The number of fused-ring (bicyclic) bond motifs is 1. The van der Waals surface area contributed by atoms with Gasteiger partial charge in [-0.15, -0.1) is 0 Å². The Morgan fingerprint density at radius 2 is 2.29 bits per heavy atom. The van der Waals surface area contributed by atoms with Crippen molar-refractivity contribution in [2.75, 3.05) is 0 Å². The Kier molecular flexibility index (Phi) is 2.42. The fourth-order valence-electron chi connectivity index (χ4n) is 1.50. The number of benzene rings is 1. The van der Waals surface area contributed by atoms with Crippen LogP contribution in [-0.2, 0) is 11.2 Å². The van der Waals surface area contributed by atoms with Crippen molar-refractivity contribution in [2.24, 2.45) is 0 Å². The van der Waals surface area contributed by atoms with Crippen LogP contribution in [0.1, 0.15) is 12.5 Å². The third kappa shape index (κ3) is 1.73. The number of Topliss-reactive ketones (excluding diaryl/α,β-unsaturated/α-hetero) is 1. The lowest BCUT2D eigenvalue weighted by Gasteiger charge is -1.97. The summed E-state index contributed by atoms with van der Waals surface area (Å²) < 4.78 is 6.16. The number of hydrogen-bond acceptors (Lipinski definition) is 2. The molecule has 0 atom stereocenters. The zero-order chi connectivity index (χ0) is 10.1. The molecule has 0 spiro atoms. The molecular weight excluding hydrogens is 244 g/mol. The largest absolute Gasteiger partial charge is 0.449 e. The lowest BCUT2D eigenvalue weighted by molar-refractivity contribution is -0.116. The summed E-state index contributed by atoms with van der Waals surface area (Å²) in [6, 6.07) is 7.72. The summed E-state index contributed by atoms with van der Waals surface area (Å²) >= 11 is 3.27. The van der Waals surface area contributed by atoms with Gasteiger partial charge in [0.25, 0.3) is 0 Å². The van der Waals surface area contributed by atoms with E-state index in [-0.39, 0.29) is 5.78 Å². The Balaban J connectivity index is 2.58. The van der Waals surface area contributed by atoms with Gasteiger partial charge in [-0.2, -0.15) is 0 Å². The number of rotatable bonds is 2. The fraction of sp³-hybridized carbons (Fsp3) is 0.182. The summed E-state index contributed by atoms with van der Waals surface area (Å²) in [5.74, 6) is 0.144. The Labute approximate surface area is 90.0 Å². The summed E-state index contributed by atoms with van der Waals surface area (Å²) in [5.41, 5.74) is 1.75. The Morgan fingerprint density at radius 1 is 1.50 bits per heavy atom. The third-order valence-corrected chi connectivity index (χ3v) is 2.43. The minimum absolute atomic E-state index is 0.144. The molecule has 0 N–H and O–H groups in total. The Hall–Kier alpha value is -1.09. The van der Waals surface area contributed by atoms with Crippen molar-refractivity contribution in [2.45, 2.75) is 13.3 Å². The molecule has 0 radical (unpaired) electrons. The molecule has 2 rings (SSSR count). The zero-order valence-corrected chi connectivity index (χ0v) is 9.30. The van der Waals surface area contributed by atoms with E-state index in [2.05, 4.69) is 15.9 Å². The Bertz CT molecular complexity index is 485. The molecule has 0 saturated heterocycles. The SMILES string of the molecule is CC(=O)Cc1cccc2cc(Br)oc12. The van der Waals surface area contributed by atoms with Crippen molar-refractivity contribution in [3.05, 3.63) is 34.5 Å². The summed E-state index contributed by atoms with van der Waals surface area (Å²) in [5, 5.41) is 1.02. The molecule has 14 heavy (non-hydrogen) atoms. The highest BCUT2D eigenvalue weighted by Gasteiger charge is 2.07. The van der Waals surface area contributed by atoms with Gasteiger partial charge in [0, 0.05) is 17.4 Å². The van der Waals surface area contributed by atoms with Gasteiger partial charge in [-0.1, -0.05) is 18.2 Å². The minimum atomic E-state index is 0.144. The number of furan rings is 1. The number of carbonyl (C=O) groups is 1. The van der Waals surface area contributed by atoms with E-state index in [0.717, 1.165) is 16.5 Å². The lowest BCUT2D eigenvalue weighted by atomic mass is 10.1. The Morgan fingerprint density at radius 3 is 3.00 bits per heavy atom. The smallest absolute Gasteiger partial charge is 0.170 e. The third-order valence-electron chi connectivity index (χ3n) is 2.03. The van der Waals surface area contributed by atoms with Crippen LogP contribution in [0.4, 0.5) is 0 Å². The van der Waals surface area contributed by atoms with Gasteiger partial charge in [-0.3, -0.25) is 4.79 Å². The van der Waals surface area contributed by atoms with E-state index in [9.17, 15) is 4.79 Å². The quantitative estimate of drug-likeness (QED) is 0.821. The second-order valence-corrected chi connectivity index (χ2v) is 4.05. The summed E-state index contributed by atoms with van der Waals surface area (Å²) in [7, 11) is 0. The lowest BCUT2D eigenvalue weighted by Crippen LogP contribution is -1.95. The van der Waals surface area contributed by atoms with Crippen LogP contribution in [0, 0.1) is 0 Å². The molecule has 0 fully saturated rings. The van der Waals surface area contributed by atoms with Gasteiger partial charge in [0.2, 0.25) is 0 Å². The minimum Gasteiger partial charge on any atom is -0.449 e. The maximum atomic E-state index is 11.0. The van der Waals surface area contributed by atoms with E-state index in [4.69, 9.17) is 4.42 Å². The van der Waals surface area contributed by atoms with Gasteiger partial charge < -0.3 is 4.42 Å². The van der Waals surface area contributed by atoms with Gasteiger partial charge in [0.05, 0.1) is 0 Å². The molecule has 0 amide bonds. The second kappa shape index (κ2) is 3.58. The highest BCUT2D eigenvalue weighted by molar-refractivity contribution is 9.10. The molecule has 1 aromatic carbocycles. The van der Waals surface area contributed by atoms with Crippen molar-refractivity contribution in [3.63, 3.8) is 0 Å². The average Bonchev–Trinajstić information content (AvgIpc) is 2.45. The number of carbonyl (C=O) groups excluding carboxylic acids is 1. The highest BCUT2D eigenvalue weighted by atomic mass is 79.9. The molecule has 0 aliphatic carbocycles. The van der Waals surface area contributed by atoms with Crippen LogP contribution in [0.5, 0.6) is 0 Å². The molecule has 0 aliphatic rings. The van der Waals surface area contributed by atoms with Crippen LogP contribution in [0.25, 0.3) is 11.0 Å². The molecule has 72 valence electrons. The molecule has 0 aliphatic heterocycles. The molecular formula is C11H9BrO2.